The highest BCUT2D eigenvalue weighted by molar-refractivity contribution is 5.15. The van der Waals surface area contributed by atoms with Gasteiger partial charge in [-0.05, 0) is 46.1 Å². The van der Waals surface area contributed by atoms with E-state index in [-0.39, 0.29) is 0 Å². The van der Waals surface area contributed by atoms with Gasteiger partial charge >= 0.3 is 0 Å². The minimum Gasteiger partial charge on any atom is -0.302 e. The minimum atomic E-state index is 0.835. The van der Waals surface area contributed by atoms with Gasteiger partial charge in [-0.15, -0.1) is 0 Å². The van der Waals surface area contributed by atoms with Gasteiger partial charge in [-0.3, -0.25) is 4.68 Å². The van der Waals surface area contributed by atoms with Crippen molar-refractivity contribution in [1.82, 2.24) is 14.7 Å². The molecule has 0 spiro atoms. The van der Waals surface area contributed by atoms with Crippen molar-refractivity contribution in [2.45, 2.75) is 46.2 Å². The van der Waals surface area contributed by atoms with E-state index in [1.54, 1.807) is 0 Å². The topological polar surface area (TPSA) is 21.1 Å². The van der Waals surface area contributed by atoms with Crippen LogP contribution in [0.25, 0.3) is 0 Å². The van der Waals surface area contributed by atoms with Gasteiger partial charge in [-0.1, -0.05) is 12.2 Å². The fourth-order valence-electron chi connectivity index (χ4n) is 2.69. The molecule has 18 heavy (non-hydrogen) atoms. The third kappa shape index (κ3) is 3.45. The molecule has 100 valence electrons. The maximum absolute atomic E-state index is 4.51. The molecule has 0 aliphatic heterocycles. The number of aryl methyl sites for hydroxylation is 2. The van der Waals surface area contributed by atoms with Gasteiger partial charge in [0.25, 0.3) is 0 Å². The second-order valence-electron chi connectivity index (χ2n) is 5.44. The molecular weight excluding hydrogens is 222 g/mol. The molecule has 1 aromatic rings. The van der Waals surface area contributed by atoms with E-state index < -0.39 is 0 Å². The van der Waals surface area contributed by atoms with Crippen LogP contribution in [0, 0.1) is 12.8 Å². The molecular formula is C15H25N3. The Morgan fingerprint density at radius 1 is 1.44 bits per heavy atom. The molecule has 0 aromatic carbocycles. The lowest BCUT2D eigenvalue weighted by Crippen LogP contribution is -2.26. The standard InChI is InChI=1S/C15H25N3/c1-4-18-12-15(13(2)16-18)11-17(3)10-14-8-6-5-7-9-14/h5-6,12,14H,4,7-11H2,1-3H3. The van der Waals surface area contributed by atoms with E-state index >= 15 is 0 Å². The Bertz CT molecular complexity index is 406. The molecule has 1 aliphatic carbocycles. The van der Waals surface area contributed by atoms with Gasteiger partial charge in [-0.25, -0.2) is 0 Å². The van der Waals surface area contributed by atoms with Crippen LogP contribution in [0.2, 0.25) is 0 Å². The van der Waals surface area contributed by atoms with Crippen LogP contribution in [0.15, 0.2) is 18.3 Å². The zero-order valence-electron chi connectivity index (χ0n) is 11.9. The Morgan fingerprint density at radius 3 is 2.89 bits per heavy atom. The third-order valence-electron chi connectivity index (χ3n) is 3.76. The highest BCUT2D eigenvalue weighted by atomic mass is 15.3. The van der Waals surface area contributed by atoms with Gasteiger partial charge < -0.3 is 4.90 Å². The number of nitrogens with zero attached hydrogens (tertiary/aromatic N) is 3. The normalized spacial score (nSPS) is 19.7. The Balaban J connectivity index is 1.87. The van der Waals surface area contributed by atoms with Gasteiger partial charge in [0.1, 0.15) is 0 Å². The Morgan fingerprint density at radius 2 is 2.28 bits per heavy atom. The Kier molecular flexibility index (Phi) is 4.59. The van der Waals surface area contributed by atoms with E-state index in [2.05, 4.69) is 49.2 Å². The molecule has 0 N–H and O–H groups in total. The quantitative estimate of drug-likeness (QED) is 0.746. The zero-order chi connectivity index (χ0) is 13.0. The van der Waals surface area contributed by atoms with Crippen molar-refractivity contribution >= 4 is 0 Å². The highest BCUT2D eigenvalue weighted by Crippen LogP contribution is 2.19. The summed E-state index contributed by atoms with van der Waals surface area (Å²) < 4.78 is 2.03. The molecule has 0 fully saturated rings. The molecule has 3 nitrogen and oxygen atoms in total. The van der Waals surface area contributed by atoms with Crippen molar-refractivity contribution in [2.75, 3.05) is 13.6 Å². The molecule has 1 aromatic heterocycles. The summed E-state index contributed by atoms with van der Waals surface area (Å²) in [6.07, 6.45) is 10.7. The molecule has 1 heterocycles. The van der Waals surface area contributed by atoms with Crippen molar-refractivity contribution < 1.29 is 0 Å². The number of rotatable bonds is 5. The number of aromatic nitrogens is 2. The molecule has 3 heteroatoms. The van der Waals surface area contributed by atoms with Crippen LogP contribution < -0.4 is 0 Å². The van der Waals surface area contributed by atoms with Crippen LogP contribution >= 0.6 is 0 Å². The minimum absolute atomic E-state index is 0.835. The SMILES string of the molecule is CCn1cc(CN(C)CC2CC=CCC2)c(C)n1. The Hall–Kier alpha value is -1.09. The fraction of sp³-hybridized carbons (Fsp3) is 0.667. The van der Waals surface area contributed by atoms with Crippen LogP contribution in [-0.4, -0.2) is 28.3 Å². The lowest BCUT2D eigenvalue weighted by molar-refractivity contribution is 0.258. The van der Waals surface area contributed by atoms with Crippen molar-refractivity contribution in [2.24, 2.45) is 5.92 Å². The summed E-state index contributed by atoms with van der Waals surface area (Å²) >= 11 is 0. The molecule has 0 radical (unpaired) electrons. The van der Waals surface area contributed by atoms with Crippen LogP contribution in [0.1, 0.15) is 37.4 Å². The first kappa shape index (κ1) is 13.3. The first-order chi connectivity index (χ1) is 8.69. The molecule has 1 atom stereocenters. The highest BCUT2D eigenvalue weighted by Gasteiger charge is 2.14. The summed E-state index contributed by atoms with van der Waals surface area (Å²) in [5.74, 6) is 0.835. The summed E-state index contributed by atoms with van der Waals surface area (Å²) in [4.78, 5) is 2.44. The second kappa shape index (κ2) is 6.19. The van der Waals surface area contributed by atoms with E-state index in [0.29, 0.717) is 0 Å². The van der Waals surface area contributed by atoms with Crippen LogP contribution in [0.4, 0.5) is 0 Å². The van der Waals surface area contributed by atoms with Crippen LogP contribution in [-0.2, 0) is 13.1 Å². The molecule has 1 aliphatic rings. The average Bonchev–Trinajstić information content (AvgIpc) is 2.71. The first-order valence-electron chi connectivity index (χ1n) is 7.05. The fourth-order valence-corrected chi connectivity index (χ4v) is 2.69. The summed E-state index contributed by atoms with van der Waals surface area (Å²) in [5.41, 5.74) is 2.54. The van der Waals surface area contributed by atoms with E-state index in [0.717, 1.165) is 19.0 Å². The van der Waals surface area contributed by atoms with E-state index in [9.17, 15) is 0 Å². The molecule has 1 unspecified atom stereocenters. The molecule has 0 amide bonds. The maximum Gasteiger partial charge on any atom is 0.0638 e. The van der Waals surface area contributed by atoms with Crippen LogP contribution in [0.5, 0.6) is 0 Å². The molecule has 0 bridgehead atoms. The van der Waals surface area contributed by atoms with Gasteiger partial charge in [0.2, 0.25) is 0 Å². The Labute approximate surface area is 110 Å². The second-order valence-corrected chi connectivity index (χ2v) is 5.44. The van der Waals surface area contributed by atoms with E-state index in [1.165, 1.54) is 37.1 Å². The van der Waals surface area contributed by atoms with Crippen molar-refractivity contribution in [3.63, 3.8) is 0 Å². The average molecular weight is 247 g/mol. The molecule has 0 saturated carbocycles. The predicted octanol–water partition coefficient (Wildman–Crippen LogP) is 3.00. The molecule has 2 rings (SSSR count). The smallest absolute Gasteiger partial charge is 0.0638 e. The van der Waals surface area contributed by atoms with Gasteiger partial charge in [0.15, 0.2) is 0 Å². The van der Waals surface area contributed by atoms with Crippen molar-refractivity contribution in [3.8, 4) is 0 Å². The van der Waals surface area contributed by atoms with Gasteiger partial charge in [0.05, 0.1) is 5.69 Å². The molecule has 0 saturated heterocycles. The number of allylic oxidation sites excluding steroid dienone is 2. The third-order valence-corrected chi connectivity index (χ3v) is 3.76. The van der Waals surface area contributed by atoms with Crippen molar-refractivity contribution in [1.29, 1.82) is 0 Å². The van der Waals surface area contributed by atoms with E-state index in [1.807, 2.05) is 4.68 Å². The predicted molar refractivity (Wildman–Crippen MR) is 75.5 cm³/mol. The van der Waals surface area contributed by atoms with Gasteiger partial charge in [0, 0.05) is 31.4 Å². The summed E-state index contributed by atoms with van der Waals surface area (Å²) in [5, 5.41) is 4.51. The van der Waals surface area contributed by atoms with Crippen LogP contribution in [0.3, 0.4) is 0 Å². The maximum atomic E-state index is 4.51. The monoisotopic (exact) mass is 247 g/mol. The lowest BCUT2D eigenvalue weighted by Gasteiger charge is -2.24. The number of hydrogen-bond donors (Lipinski definition) is 0. The first-order valence-corrected chi connectivity index (χ1v) is 7.05. The van der Waals surface area contributed by atoms with E-state index in [4.69, 9.17) is 0 Å². The number of hydrogen-bond acceptors (Lipinski definition) is 2. The summed E-state index contributed by atoms with van der Waals surface area (Å²) in [7, 11) is 2.22. The lowest BCUT2D eigenvalue weighted by atomic mass is 9.94. The summed E-state index contributed by atoms with van der Waals surface area (Å²) in [6, 6.07) is 0. The van der Waals surface area contributed by atoms with Crippen molar-refractivity contribution in [3.05, 3.63) is 29.6 Å². The van der Waals surface area contributed by atoms with Gasteiger partial charge in [-0.2, -0.15) is 5.10 Å². The zero-order valence-corrected chi connectivity index (χ0v) is 11.9. The largest absolute Gasteiger partial charge is 0.302 e. The summed E-state index contributed by atoms with van der Waals surface area (Å²) in [6.45, 7) is 7.41.